The number of nitrogens with zero attached hydrogens (tertiary/aromatic N) is 1. The third-order valence-electron chi connectivity index (χ3n) is 5.11. The molecule has 1 saturated heterocycles. The monoisotopic (exact) mass is 559 g/mol. The maximum atomic E-state index is 11.3. The molecular formula is C30H45N3O7. The lowest BCUT2D eigenvalue weighted by molar-refractivity contribution is -0.147. The van der Waals surface area contributed by atoms with Crippen molar-refractivity contribution in [1.82, 2.24) is 10.2 Å². The van der Waals surface area contributed by atoms with Crippen molar-refractivity contribution in [3.63, 3.8) is 0 Å². The number of carbonyl (C=O) groups is 3. The van der Waals surface area contributed by atoms with Crippen molar-refractivity contribution in [2.75, 3.05) is 27.2 Å². The van der Waals surface area contributed by atoms with Crippen LogP contribution in [0.4, 0.5) is 0 Å². The molecule has 10 heteroatoms. The van der Waals surface area contributed by atoms with Crippen LogP contribution >= 0.6 is 0 Å². The third kappa shape index (κ3) is 14.9. The number of carbonyl (C=O) groups excluding carboxylic acids is 3. The summed E-state index contributed by atoms with van der Waals surface area (Å²) in [5.41, 5.74) is 1.38. The highest BCUT2D eigenvalue weighted by Crippen LogP contribution is 2.12. The molecule has 5 N–H and O–H groups in total. The van der Waals surface area contributed by atoms with Gasteiger partial charge in [0.2, 0.25) is 0 Å². The first-order valence-electron chi connectivity index (χ1n) is 13.0. The van der Waals surface area contributed by atoms with Gasteiger partial charge in [0.1, 0.15) is 11.7 Å². The number of aliphatic hydroxyl groups is 3. The Morgan fingerprint density at radius 3 is 2.12 bits per heavy atom. The van der Waals surface area contributed by atoms with Gasteiger partial charge in [-0.2, -0.15) is 0 Å². The van der Waals surface area contributed by atoms with Gasteiger partial charge in [0.15, 0.2) is 12.4 Å². The lowest BCUT2D eigenvalue weighted by atomic mass is 10.0. The zero-order valence-electron chi connectivity index (χ0n) is 24.2. The van der Waals surface area contributed by atoms with Crippen LogP contribution in [0.3, 0.4) is 0 Å². The number of aliphatic hydroxyl groups excluding tert-OH is 3. The lowest BCUT2D eigenvalue weighted by Gasteiger charge is -2.20. The van der Waals surface area contributed by atoms with Crippen molar-refractivity contribution >= 4 is 23.9 Å². The summed E-state index contributed by atoms with van der Waals surface area (Å²) in [6.45, 7) is 11.4. The minimum absolute atomic E-state index is 0.0691. The SMILES string of the molecule is C=C/C=C\C=C/C.CC.CNCc1ccc(C(=N)/C(=C\O)C(=O)OC)cc1.O=CC(O)C(O)C(=O)N1CCCC1. The molecule has 222 valence electrons. The van der Waals surface area contributed by atoms with Gasteiger partial charge < -0.3 is 35.1 Å². The fraction of sp³-hybridized carbons (Fsp3) is 0.400. The molecule has 1 fully saturated rings. The Kier molecular flexibility index (Phi) is 23.2. The highest BCUT2D eigenvalue weighted by Gasteiger charge is 2.29. The average molecular weight is 560 g/mol. The molecule has 2 atom stereocenters. The standard InChI is InChI=1S/C13H16N2O3.C8H13NO4.C7H10.C2H6/c1-15-7-9-3-5-10(6-4-9)12(14)11(8-16)13(17)18-2;10-5-6(11)7(12)8(13)9-3-1-2-4-9;1-3-5-7-6-4-2;1-2/h3-6,8,14-16H,7H2,1-2H3;5-7,11-12H,1-4H2;3-7H,1H2,2H3;1-2H3/b11-8+,14-12?;;6-4-,7-5-;. The van der Waals surface area contributed by atoms with Gasteiger partial charge in [-0.1, -0.05) is 75.1 Å². The van der Waals surface area contributed by atoms with E-state index < -0.39 is 24.1 Å². The number of likely N-dealkylation sites (tertiary alicyclic amines) is 1. The van der Waals surface area contributed by atoms with Gasteiger partial charge in [0.25, 0.3) is 5.91 Å². The van der Waals surface area contributed by atoms with E-state index in [0.29, 0.717) is 24.9 Å². The van der Waals surface area contributed by atoms with Gasteiger partial charge in [0.05, 0.1) is 19.1 Å². The molecular weight excluding hydrogens is 514 g/mol. The Morgan fingerprint density at radius 1 is 1.12 bits per heavy atom. The average Bonchev–Trinajstić information content (AvgIpc) is 3.54. The van der Waals surface area contributed by atoms with E-state index in [-0.39, 0.29) is 17.6 Å². The van der Waals surface area contributed by atoms with Crippen molar-refractivity contribution in [3.05, 3.63) is 84.2 Å². The summed E-state index contributed by atoms with van der Waals surface area (Å²) in [6.07, 6.45) is 8.89. The van der Waals surface area contributed by atoms with E-state index in [1.165, 1.54) is 12.0 Å². The number of ether oxygens (including phenoxy) is 1. The summed E-state index contributed by atoms with van der Waals surface area (Å²) in [5.74, 6) is -1.29. The van der Waals surface area contributed by atoms with Crippen molar-refractivity contribution in [1.29, 1.82) is 5.41 Å². The van der Waals surface area contributed by atoms with Crippen molar-refractivity contribution in [3.8, 4) is 0 Å². The van der Waals surface area contributed by atoms with E-state index in [0.717, 1.165) is 24.9 Å². The number of hydrogen-bond donors (Lipinski definition) is 5. The molecule has 2 rings (SSSR count). The van der Waals surface area contributed by atoms with Crippen LogP contribution in [0.2, 0.25) is 0 Å². The first-order valence-corrected chi connectivity index (χ1v) is 13.0. The predicted octanol–water partition coefficient (Wildman–Crippen LogP) is 3.25. The molecule has 2 unspecified atom stereocenters. The molecule has 40 heavy (non-hydrogen) atoms. The van der Waals surface area contributed by atoms with Crippen molar-refractivity contribution < 1.29 is 34.4 Å². The third-order valence-corrected chi connectivity index (χ3v) is 5.11. The summed E-state index contributed by atoms with van der Waals surface area (Å²) in [6, 6.07) is 7.15. The second-order valence-electron chi connectivity index (χ2n) is 7.89. The van der Waals surface area contributed by atoms with E-state index >= 15 is 0 Å². The number of rotatable bonds is 10. The molecule has 1 aliphatic rings. The fourth-order valence-corrected chi connectivity index (χ4v) is 3.08. The van der Waals surface area contributed by atoms with Gasteiger partial charge in [-0.05, 0) is 32.4 Å². The number of aldehydes is 1. The molecule has 1 aliphatic heterocycles. The van der Waals surface area contributed by atoms with E-state index in [9.17, 15) is 19.5 Å². The van der Waals surface area contributed by atoms with Gasteiger partial charge in [-0.25, -0.2) is 4.79 Å². The van der Waals surface area contributed by atoms with E-state index in [4.69, 9.17) is 15.6 Å². The van der Waals surface area contributed by atoms with Gasteiger partial charge in [0, 0.05) is 25.2 Å². The molecule has 1 aromatic carbocycles. The summed E-state index contributed by atoms with van der Waals surface area (Å²) < 4.78 is 4.49. The first kappa shape index (κ1) is 38.3. The Hall–Kier alpha value is -3.86. The van der Waals surface area contributed by atoms with Gasteiger partial charge >= 0.3 is 5.97 Å². The summed E-state index contributed by atoms with van der Waals surface area (Å²) in [4.78, 5) is 34.2. The Balaban J connectivity index is 0. The first-order chi connectivity index (χ1) is 19.2. The molecule has 0 radical (unpaired) electrons. The fourth-order valence-electron chi connectivity index (χ4n) is 3.08. The molecule has 0 bridgehead atoms. The predicted molar refractivity (Wildman–Crippen MR) is 158 cm³/mol. The van der Waals surface area contributed by atoms with Crippen LogP contribution in [0, 0.1) is 5.41 Å². The summed E-state index contributed by atoms with van der Waals surface area (Å²) >= 11 is 0. The Bertz CT molecular complexity index is 980. The summed E-state index contributed by atoms with van der Waals surface area (Å²) in [7, 11) is 3.05. The Morgan fingerprint density at radius 2 is 1.70 bits per heavy atom. The van der Waals surface area contributed by atoms with Crippen molar-refractivity contribution in [2.45, 2.75) is 52.4 Å². The number of nitrogens with one attached hydrogen (secondary N) is 2. The largest absolute Gasteiger partial charge is 0.515 e. The van der Waals surface area contributed by atoms with Crippen LogP contribution in [0.15, 0.2) is 73.1 Å². The van der Waals surface area contributed by atoms with Crippen LogP contribution in [0.1, 0.15) is 44.7 Å². The molecule has 0 saturated carbocycles. The maximum Gasteiger partial charge on any atom is 0.343 e. The smallest absolute Gasteiger partial charge is 0.343 e. The van der Waals surface area contributed by atoms with E-state index in [1.54, 1.807) is 18.2 Å². The molecule has 0 spiro atoms. The molecule has 0 aromatic heterocycles. The molecule has 0 aliphatic carbocycles. The Labute approximate surface area is 237 Å². The molecule has 1 heterocycles. The number of amides is 1. The number of hydrogen-bond acceptors (Lipinski definition) is 9. The van der Waals surface area contributed by atoms with Crippen LogP contribution in [0.5, 0.6) is 0 Å². The number of allylic oxidation sites excluding steroid dienone is 5. The summed E-state index contributed by atoms with van der Waals surface area (Å²) in [5, 5.41) is 37.9. The minimum atomic E-state index is -1.60. The minimum Gasteiger partial charge on any atom is -0.515 e. The highest BCUT2D eigenvalue weighted by atomic mass is 16.5. The van der Waals surface area contributed by atoms with Crippen LogP contribution < -0.4 is 5.32 Å². The maximum absolute atomic E-state index is 11.3. The van der Waals surface area contributed by atoms with E-state index in [2.05, 4.69) is 16.6 Å². The quantitative estimate of drug-likeness (QED) is 0.0729. The van der Waals surface area contributed by atoms with Gasteiger partial charge in [-0.15, -0.1) is 0 Å². The lowest BCUT2D eigenvalue weighted by Crippen LogP contribution is -2.44. The van der Waals surface area contributed by atoms with Crippen LogP contribution in [-0.4, -0.2) is 83.5 Å². The van der Waals surface area contributed by atoms with Gasteiger partial charge in [-0.3, -0.25) is 10.2 Å². The second-order valence-corrected chi connectivity index (χ2v) is 7.89. The number of esters is 1. The van der Waals surface area contributed by atoms with E-state index in [1.807, 2.05) is 64.3 Å². The van der Waals surface area contributed by atoms with Crippen LogP contribution in [-0.2, 0) is 25.7 Å². The topological polar surface area (TPSA) is 160 Å². The second kappa shape index (κ2) is 24.2. The normalized spacial score (nSPS) is 14.0. The molecule has 1 aromatic rings. The molecule has 1 amide bonds. The highest BCUT2D eigenvalue weighted by molar-refractivity contribution is 6.25. The molecule has 10 nitrogen and oxygen atoms in total. The van der Waals surface area contributed by atoms with Crippen molar-refractivity contribution in [2.24, 2.45) is 0 Å². The van der Waals surface area contributed by atoms with Crippen LogP contribution in [0.25, 0.3) is 0 Å². The zero-order chi connectivity index (χ0) is 30.9. The zero-order valence-corrected chi connectivity index (χ0v) is 24.2. The number of benzene rings is 1. The number of methoxy groups -OCH3 is 1.